The van der Waals surface area contributed by atoms with E-state index in [2.05, 4.69) is 4.72 Å². The second kappa shape index (κ2) is 6.45. The summed E-state index contributed by atoms with van der Waals surface area (Å²) in [5, 5.41) is 0. The molecule has 0 radical (unpaired) electrons. The Labute approximate surface area is 142 Å². The molecule has 0 aliphatic heterocycles. The maximum absolute atomic E-state index is 12.2. The predicted molar refractivity (Wildman–Crippen MR) is 89.6 cm³/mol. The van der Waals surface area contributed by atoms with E-state index in [4.69, 9.17) is 23.2 Å². The Morgan fingerprint density at radius 2 is 1.77 bits per heavy atom. The van der Waals surface area contributed by atoms with Crippen LogP contribution in [0.4, 0.5) is 5.69 Å². The van der Waals surface area contributed by atoms with E-state index in [9.17, 15) is 13.2 Å². The van der Waals surface area contributed by atoms with Crippen LogP contribution in [-0.2, 0) is 10.0 Å². The van der Waals surface area contributed by atoms with E-state index in [1.54, 1.807) is 26.2 Å². The normalized spacial score (nSPS) is 11.3. The number of carbonyl (C=O) groups is 1. The molecule has 0 saturated carbocycles. The molecule has 0 aliphatic rings. The number of halogens is 2. The first-order valence-corrected chi connectivity index (χ1v) is 9.05. The smallest absolute Gasteiger partial charge is 0.264 e. The first-order valence-electron chi connectivity index (χ1n) is 6.00. The topological polar surface area (TPSA) is 66.5 Å². The predicted octanol–water partition coefficient (Wildman–Crippen LogP) is 3.56. The number of thiophene rings is 1. The molecule has 2 rings (SSSR count). The zero-order valence-corrected chi connectivity index (χ0v) is 14.8. The lowest BCUT2D eigenvalue weighted by molar-refractivity contribution is 0.0827. The Morgan fingerprint density at radius 1 is 1.18 bits per heavy atom. The first-order chi connectivity index (χ1) is 10.2. The van der Waals surface area contributed by atoms with Crippen molar-refractivity contribution in [1.29, 1.82) is 0 Å². The van der Waals surface area contributed by atoms with Gasteiger partial charge in [0.15, 0.2) is 0 Å². The van der Waals surface area contributed by atoms with Gasteiger partial charge in [-0.05, 0) is 30.3 Å². The third-order valence-corrected chi connectivity index (χ3v) is 5.84. The van der Waals surface area contributed by atoms with E-state index in [0.717, 1.165) is 11.3 Å². The Bertz CT molecular complexity index is 799. The highest BCUT2D eigenvalue weighted by Gasteiger charge is 2.21. The molecule has 0 bridgehead atoms. The first kappa shape index (κ1) is 17.1. The van der Waals surface area contributed by atoms with Crippen LogP contribution in [0.2, 0.25) is 8.67 Å². The number of anilines is 1. The second-order valence-corrected chi connectivity index (χ2v) is 8.51. The Kier molecular flexibility index (Phi) is 5.01. The molecule has 0 fully saturated rings. The number of hydrogen-bond donors (Lipinski definition) is 1. The van der Waals surface area contributed by atoms with Crippen LogP contribution in [0.3, 0.4) is 0 Å². The minimum atomic E-state index is -3.82. The van der Waals surface area contributed by atoms with E-state index in [-0.39, 0.29) is 19.5 Å². The van der Waals surface area contributed by atoms with Gasteiger partial charge in [0.2, 0.25) is 0 Å². The number of nitrogens with one attached hydrogen (secondary N) is 1. The van der Waals surface area contributed by atoms with Crippen molar-refractivity contribution >= 4 is 56.2 Å². The van der Waals surface area contributed by atoms with Gasteiger partial charge in [0, 0.05) is 25.3 Å². The van der Waals surface area contributed by atoms with Gasteiger partial charge in [0.25, 0.3) is 15.9 Å². The van der Waals surface area contributed by atoms with Crippen molar-refractivity contribution in [2.24, 2.45) is 0 Å². The summed E-state index contributed by atoms with van der Waals surface area (Å²) in [6.07, 6.45) is 0. The van der Waals surface area contributed by atoms with Crippen molar-refractivity contribution in [2.45, 2.75) is 4.90 Å². The molecular formula is C13H12Cl2N2O3S2. The quantitative estimate of drug-likeness (QED) is 0.884. The number of benzene rings is 1. The molecule has 22 heavy (non-hydrogen) atoms. The maximum Gasteiger partial charge on any atom is 0.264 e. The molecule has 0 atom stereocenters. The highest BCUT2D eigenvalue weighted by atomic mass is 35.5. The lowest BCUT2D eigenvalue weighted by Gasteiger charge is -2.11. The van der Waals surface area contributed by atoms with Crippen LogP contribution in [-0.4, -0.2) is 33.3 Å². The monoisotopic (exact) mass is 378 g/mol. The van der Waals surface area contributed by atoms with Crippen molar-refractivity contribution in [2.75, 3.05) is 18.8 Å². The van der Waals surface area contributed by atoms with Crippen molar-refractivity contribution < 1.29 is 13.2 Å². The molecule has 0 spiro atoms. The Hall–Kier alpha value is -1.28. The molecule has 0 saturated heterocycles. The molecule has 0 aliphatic carbocycles. The molecule has 5 nitrogen and oxygen atoms in total. The third kappa shape index (κ3) is 3.73. The van der Waals surface area contributed by atoms with Crippen molar-refractivity contribution in [3.8, 4) is 0 Å². The van der Waals surface area contributed by atoms with Crippen molar-refractivity contribution in [1.82, 2.24) is 4.90 Å². The fourth-order valence-corrected chi connectivity index (χ4v) is 4.87. The Balaban J connectivity index is 2.24. The van der Waals surface area contributed by atoms with Gasteiger partial charge in [-0.25, -0.2) is 8.42 Å². The van der Waals surface area contributed by atoms with Gasteiger partial charge >= 0.3 is 0 Å². The summed E-state index contributed by atoms with van der Waals surface area (Å²) in [5.74, 6) is -0.165. The van der Waals surface area contributed by atoms with Crippen LogP contribution >= 0.6 is 34.5 Å². The minimum absolute atomic E-state index is 0.0717. The fourth-order valence-electron chi connectivity index (χ4n) is 1.66. The Morgan fingerprint density at radius 3 is 2.23 bits per heavy atom. The highest BCUT2D eigenvalue weighted by molar-refractivity contribution is 7.93. The summed E-state index contributed by atoms with van der Waals surface area (Å²) in [6, 6.07) is 7.40. The highest BCUT2D eigenvalue weighted by Crippen LogP contribution is 2.35. The molecule has 1 aromatic carbocycles. The number of rotatable bonds is 4. The maximum atomic E-state index is 12.2. The minimum Gasteiger partial charge on any atom is -0.345 e. The van der Waals surface area contributed by atoms with Crippen molar-refractivity contribution in [3.63, 3.8) is 0 Å². The standard InChI is InChI=1S/C13H12Cl2N2O3S2/c1-17(2)13(18)8-3-5-9(6-4-8)16-22(19,20)10-7-11(14)21-12(10)15/h3-7,16H,1-2H3. The van der Waals surface area contributed by atoms with Crippen LogP contribution in [0.25, 0.3) is 0 Å². The van der Waals surface area contributed by atoms with Gasteiger partial charge < -0.3 is 4.90 Å². The van der Waals surface area contributed by atoms with Crippen molar-refractivity contribution in [3.05, 3.63) is 44.6 Å². The largest absolute Gasteiger partial charge is 0.345 e. The van der Waals surface area contributed by atoms with Gasteiger partial charge in [-0.3, -0.25) is 9.52 Å². The van der Waals surface area contributed by atoms with Crippen LogP contribution < -0.4 is 4.72 Å². The van der Waals surface area contributed by atoms with Crippen LogP contribution in [0, 0.1) is 0 Å². The zero-order chi connectivity index (χ0) is 16.5. The SMILES string of the molecule is CN(C)C(=O)c1ccc(NS(=O)(=O)c2cc(Cl)sc2Cl)cc1. The molecule has 1 aromatic heterocycles. The van der Waals surface area contributed by atoms with Gasteiger partial charge in [-0.15, -0.1) is 11.3 Å². The van der Waals surface area contributed by atoms with Gasteiger partial charge in [0.1, 0.15) is 9.23 Å². The van der Waals surface area contributed by atoms with Gasteiger partial charge in [0.05, 0.1) is 4.34 Å². The summed E-state index contributed by atoms with van der Waals surface area (Å²) in [6.45, 7) is 0. The molecule has 1 heterocycles. The zero-order valence-electron chi connectivity index (χ0n) is 11.6. The van der Waals surface area contributed by atoms with E-state index in [1.807, 2.05) is 0 Å². The van der Waals surface area contributed by atoms with E-state index in [0.29, 0.717) is 11.3 Å². The second-order valence-electron chi connectivity index (χ2n) is 4.57. The van der Waals surface area contributed by atoms with Gasteiger partial charge in [-0.1, -0.05) is 23.2 Å². The number of carbonyl (C=O) groups excluding carboxylic acids is 1. The molecule has 9 heteroatoms. The van der Waals surface area contributed by atoms with E-state index in [1.165, 1.54) is 23.1 Å². The van der Waals surface area contributed by atoms with Crippen LogP contribution in [0.15, 0.2) is 35.2 Å². The number of amides is 1. The van der Waals surface area contributed by atoms with Crippen LogP contribution in [0.1, 0.15) is 10.4 Å². The number of sulfonamides is 1. The summed E-state index contributed by atoms with van der Waals surface area (Å²) >= 11 is 12.6. The third-order valence-electron chi connectivity index (χ3n) is 2.71. The molecule has 0 unspecified atom stereocenters. The molecule has 1 N–H and O–H groups in total. The summed E-state index contributed by atoms with van der Waals surface area (Å²) in [7, 11) is -0.544. The summed E-state index contributed by atoms with van der Waals surface area (Å²) < 4.78 is 27.3. The molecule has 118 valence electrons. The lowest BCUT2D eigenvalue weighted by atomic mass is 10.2. The average Bonchev–Trinajstić information content (AvgIpc) is 2.78. The summed E-state index contributed by atoms with van der Waals surface area (Å²) in [5.41, 5.74) is 0.790. The number of hydrogen-bond acceptors (Lipinski definition) is 4. The molecule has 1 amide bonds. The van der Waals surface area contributed by atoms with Gasteiger partial charge in [-0.2, -0.15) is 0 Å². The van der Waals surface area contributed by atoms with E-state index < -0.39 is 10.0 Å². The average molecular weight is 379 g/mol. The fraction of sp³-hybridized carbons (Fsp3) is 0.154. The molecular weight excluding hydrogens is 367 g/mol. The van der Waals surface area contributed by atoms with E-state index >= 15 is 0 Å². The van der Waals surface area contributed by atoms with Crippen LogP contribution in [0.5, 0.6) is 0 Å². The number of nitrogens with zero attached hydrogens (tertiary/aromatic N) is 1. The molecule has 2 aromatic rings. The lowest BCUT2D eigenvalue weighted by Crippen LogP contribution is -2.21. The summed E-state index contributed by atoms with van der Waals surface area (Å²) in [4.78, 5) is 13.1.